The first-order valence-corrected chi connectivity index (χ1v) is 9.51. The minimum atomic E-state index is -4.56. The molecule has 1 aliphatic heterocycles. The number of carbonyl (C=O) groups is 2. The van der Waals surface area contributed by atoms with Crippen LogP contribution in [0.2, 0.25) is 0 Å². The number of halogens is 3. The SMILES string of the molecule is CC1(C(=O)O)CC(c2cccc(C(F)(F)F)c2)CN(C(=O)Oc2ccc([N+](=O)[O-])cc2)C1. The number of hydrogen-bond donors (Lipinski definition) is 1. The normalized spacial score (nSPS) is 21.1. The summed E-state index contributed by atoms with van der Waals surface area (Å²) in [6.07, 6.45) is -5.43. The van der Waals surface area contributed by atoms with Crippen molar-refractivity contribution in [3.63, 3.8) is 0 Å². The largest absolute Gasteiger partial charge is 0.481 e. The Labute approximate surface area is 180 Å². The Bertz CT molecular complexity index is 1040. The molecule has 170 valence electrons. The van der Waals surface area contributed by atoms with Crippen molar-refractivity contribution < 1.29 is 37.5 Å². The molecule has 1 saturated heterocycles. The number of aliphatic carboxylic acids is 1. The lowest BCUT2D eigenvalue weighted by Gasteiger charge is -2.41. The zero-order valence-corrected chi connectivity index (χ0v) is 16.8. The Balaban J connectivity index is 1.85. The molecule has 0 bridgehead atoms. The first kappa shape index (κ1) is 23.0. The van der Waals surface area contributed by atoms with E-state index in [-0.39, 0.29) is 36.5 Å². The van der Waals surface area contributed by atoms with Gasteiger partial charge >= 0.3 is 18.2 Å². The summed E-state index contributed by atoms with van der Waals surface area (Å²) < 4.78 is 44.6. The summed E-state index contributed by atoms with van der Waals surface area (Å²) in [6, 6.07) is 9.32. The molecule has 0 radical (unpaired) electrons. The highest BCUT2D eigenvalue weighted by Gasteiger charge is 2.45. The molecule has 1 heterocycles. The van der Waals surface area contributed by atoms with Crippen LogP contribution in [0.1, 0.15) is 30.4 Å². The van der Waals surface area contributed by atoms with Gasteiger partial charge in [0.1, 0.15) is 5.75 Å². The molecule has 1 N–H and O–H groups in total. The number of nitro benzene ring substituents is 1. The van der Waals surface area contributed by atoms with Gasteiger partial charge in [-0.05, 0) is 37.1 Å². The van der Waals surface area contributed by atoms with Crippen LogP contribution in [0.3, 0.4) is 0 Å². The smallest absolute Gasteiger partial charge is 0.416 e. The molecule has 1 amide bonds. The van der Waals surface area contributed by atoms with Crippen LogP contribution in [0.5, 0.6) is 5.75 Å². The third-order valence-corrected chi connectivity index (χ3v) is 5.39. The average molecular weight is 452 g/mol. The molecular formula is C21H19F3N2O6. The molecule has 1 fully saturated rings. The van der Waals surface area contributed by atoms with E-state index in [0.717, 1.165) is 29.2 Å². The van der Waals surface area contributed by atoms with Crippen LogP contribution < -0.4 is 4.74 Å². The standard InChI is InChI=1S/C21H19F3N2O6/c1-20(18(27)28)10-14(13-3-2-4-15(9-13)21(22,23)24)11-25(12-20)19(29)32-17-7-5-16(6-8-17)26(30)31/h2-9,14H,10-12H2,1H3,(H,27,28). The van der Waals surface area contributed by atoms with E-state index in [0.29, 0.717) is 0 Å². The fraction of sp³-hybridized carbons (Fsp3) is 0.333. The van der Waals surface area contributed by atoms with Crippen LogP contribution in [0.4, 0.5) is 23.7 Å². The maximum absolute atomic E-state index is 13.1. The van der Waals surface area contributed by atoms with Gasteiger partial charge in [0.2, 0.25) is 0 Å². The van der Waals surface area contributed by atoms with Gasteiger partial charge in [0.25, 0.3) is 5.69 Å². The number of nitro groups is 1. The van der Waals surface area contributed by atoms with Gasteiger partial charge in [-0.3, -0.25) is 14.9 Å². The highest BCUT2D eigenvalue weighted by Crippen LogP contribution is 2.40. The van der Waals surface area contributed by atoms with Crippen molar-refractivity contribution >= 4 is 17.7 Å². The Morgan fingerprint density at radius 3 is 2.44 bits per heavy atom. The number of amides is 1. The summed E-state index contributed by atoms with van der Waals surface area (Å²) in [5, 5.41) is 20.4. The molecule has 2 atom stereocenters. The van der Waals surface area contributed by atoms with Gasteiger partial charge in [-0.1, -0.05) is 18.2 Å². The molecule has 0 saturated carbocycles. The monoisotopic (exact) mass is 452 g/mol. The van der Waals surface area contributed by atoms with Crippen molar-refractivity contribution in [3.05, 3.63) is 69.8 Å². The number of nitrogens with zero attached hydrogens (tertiary/aromatic N) is 2. The van der Waals surface area contributed by atoms with Crippen molar-refractivity contribution in [1.29, 1.82) is 0 Å². The number of carboxylic acid groups (broad SMARTS) is 1. The predicted molar refractivity (Wildman–Crippen MR) is 105 cm³/mol. The van der Waals surface area contributed by atoms with Crippen molar-refractivity contribution in [2.45, 2.75) is 25.4 Å². The summed E-state index contributed by atoms with van der Waals surface area (Å²) in [6.45, 7) is 1.17. The highest BCUT2D eigenvalue weighted by molar-refractivity contribution is 5.77. The second kappa shape index (κ2) is 8.48. The van der Waals surface area contributed by atoms with Gasteiger partial charge in [0, 0.05) is 31.1 Å². The quantitative estimate of drug-likeness (QED) is 0.532. The minimum absolute atomic E-state index is 0.0128. The van der Waals surface area contributed by atoms with Crippen LogP contribution in [0.15, 0.2) is 48.5 Å². The molecule has 2 unspecified atom stereocenters. The maximum atomic E-state index is 13.1. The molecule has 0 spiro atoms. The topological polar surface area (TPSA) is 110 Å². The van der Waals surface area contributed by atoms with Crippen LogP contribution in [-0.4, -0.2) is 40.1 Å². The van der Waals surface area contributed by atoms with Crippen LogP contribution >= 0.6 is 0 Å². The molecule has 0 aliphatic carbocycles. The Kier molecular flexibility index (Phi) is 6.11. The van der Waals surface area contributed by atoms with Gasteiger partial charge in [0.05, 0.1) is 15.9 Å². The van der Waals surface area contributed by atoms with E-state index < -0.39 is 40.1 Å². The molecular weight excluding hydrogens is 433 g/mol. The predicted octanol–water partition coefficient (Wildman–Crippen LogP) is 4.69. The zero-order chi connectivity index (χ0) is 23.7. The lowest BCUT2D eigenvalue weighted by Crippen LogP contribution is -2.51. The van der Waals surface area contributed by atoms with Crippen molar-refractivity contribution in [2.75, 3.05) is 13.1 Å². The first-order valence-electron chi connectivity index (χ1n) is 9.51. The lowest BCUT2D eigenvalue weighted by molar-refractivity contribution is -0.384. The van der Waals surface area contributed by atoms with Gasteiger partial charge in [-0.25, -0.2) is 4.79 Å². The molecule has 2 aromatic rings. The van der Waals surface area contributed by atoms with Crippen molar-refractivity contribution in [2.24, 2.45) is 5.41 Å². The zero-order valence-electron chi connectivity index (χ0n) is 16.8. The number of hydrogen-bond acceptors (Lipinski definition) is 5. The summed E-state index contributed by atoms with van der Waals surface area (Å²) in [7, 11) is 0. The van der Waals surface area contributed by atoms with E-state index >= 15 is 0 Å². The van der Waals surface area contributed by atoms with Gasteiger partial charge in [-0.15, -0.1) is 0 Å². The van der Waals surface area contributed by atoms with E-state index in [1.54, 1.807) is 0 Å². The lowest BCUT2D eigenvalue weighted by atomic mass is 9.74. The number of carboxylic acids is 1. The molecule has 0 aromatic heterocycles. The third kappa shape index (κ3) is 4.98. The summed E-state index contributed by atoms with van der Waals surface area (Å²) in [5.41, 5.74) is -2.21. The highest BCUT2D eigenvalue weighted by atomic mass is 19.4. The number of likely N-dealkylation sites (tertiary alicyclic amines) is 1. The van der Waals surface area contributed by atoms with E-state index in [2.05, 4.69) is 0 Å². The van der Waals surface area contributed by atoms with Gasteiger partial charge < -0.3 is 14.7 Å². The number of alkyl halides is 3. The van der Waals surface area contributed by atoms with Gasteiger partial charge in [-0.2, -0.15) is 13.2 Å². The fourth-order valence-electron chi connectivity index (χ4n) is 3.71. The van der Waals surface area contributed by atoms with Gasteiger partial charge in [0.15, 0.2) is 0 Å². The van der Waals surface area contributed by atoms with E-state index in [9.17, 15) is 38.0 Å². The molecule has 32 heavy (non-hydrogen) atoms. The number of non-ortho nitro benzene ring substituents is 1. The molecule has 1 aliphatic rings. The molecule has 3 rings (SSSR count). The number of benzene rings is 2. The Morgan fingerprint density at radius 1 is 1.22 bits per heavy atom. The number of piperidine rings is 1. The second-order valence-electron chi connectivity index (χ2n) is 7.89. The Morgan fingerprint density at radius 2 is 1.88 bits per heavy atom. The molecule has 2 aromatic carbocycles. The van der Waals surface area contributed by atoms with Crippen LogP contribution in [-0.2, 0) is 11.0 Å². The maximum Gasteiger partial charge on any atom is 0.416 e. The summed E-state index contributed by atoms with van der Waals surface area (Å²) in [5.74, 6) is -1.85. The number of carbonyl (C=O) groups excluding carboxylic acids is 1. The molecule has 11 heteroatoms. The Hall–Kier alpha value is -3.63. The van der Waals surface area contributed by atoms with E-state index in [1.807, 2.05) is 0 Å². The third-order valence-electron chi connectivity index (χ3n) is 5.39. The summed E-state index contributed by atoms with van der Waals surface area (Å²) in [4.78, 5) is 35.8. The fourth-order valence-corrected chi connectivity index (χ4v) is 3.71. The van der Waals surface area contributed by atoms with Crippen molar-refractivity contribution in [1.82, 2.24) is 4.90 Å². The van der Waals surface area contributed by atoms with Crippen molar-refractivity contribution in [3.8, 4) is 5.75 Å². The minimum Gasteiger partial charge on any atom is -0.481 e. The molecule has 8 nitrogen and oxygen atoms in total. The number of ether oxygens (including phenoxy) is 1. The van der Waals surface area contributed by atoms with Crippen LogP contribution in [0, 0.1) is 15.5 Å². The van der Waals surface area contributed by atoms with E-state index in [1.165, 1.54) is 31.2 Å². The first-order chi connectivity index (χ1) is 14.9. The summed E-state index contributed by atoms with van der Waals surface area (Å²) >= 11 is 0. The second-order valence-corrected chi connectivity index (χ2v) is 7.89. The number of rotatable bonds is 4. The van der Waals surface area contributed by atoms with Crippen LogP contribution in [0.25, 0.3) is 0 Å². The van der Waals surface area contributed by atoms with E-state index in [4.69, 9.17) is 4.74 Å². The average Bonchev–Trinajstić information content (AvgIpc) is 2.73.